The number of likely N-dealkylation sites (tertiary alicyclic amines) is 1. The number of hydrogen-bond donors (Lipinski definition) is 5. The van der Waals surface area contributed by atoms with Crippen LogP contribution in [0.1, 0.15) is 79.2 Å². The number of nitrogens with zero attached hydrogens (tertiary/aromatic N) is 2. The number of aliphatic hydroxyl groups is 1. The summed E-state index contributed by atoms with van der Waals surface area (Å²) >= 11 is 0. The number of hydrogen-bond acceptors (Lipinski definition) is 8. The van der Waals surface area contributed by atoms with E-state index < -0.39 is 12.2 Å². The maximum Gasteiger partial charge on any atom is 0.326 e. The van der Waals surface area contributed by atoms with Gasteiger partial charge in [0.1, 0.15) is 0 Å². The molecule has 0 bridgehead atoms. The van der Waals surface area contributed by atoms with Gasteiger partial charge in [-0.25, -0.2) is 10.3 Å². The van der Waals surface area contributed by atoms with Crippen LogP contribution in [0.3, 0.4) is 0 Å². The molecule has 3 atom stereocenters. The number of aromatic nitrogens is 2. The zero-order chi connectivity index (χ0) is 33.5. The third kappa shape index (κ3) is 8.20. The van der Waals surface area contributed by atoms with Crippen molar-refractivity contribution in [2.45, 2.75) is 76.2 Å². The summed E-state index contributed by atoms with van der Waals surface area (Å²) in [6, 6.07) is 23.6. The number of piperidine rings is 1. The lowest BCUT2D eigenvalue weighted by Crippen LogP contribution is -2.43. The molecule has 2 aliphatic rings. The third-order valence-corrected chi connectivity index (χ3v) is 9.30. The molecule has 0 aliphatic carbocycles. The van der Waals surface area contributed by atoms with E-state index in [2.05, 4.69) is 15.2 Å². The van der Waals surface area contributed by atoms with Crippen LogP contribution < -0.4 is 16.5 Å². The van der Waals surface area contributed by atoms with E-state index in [4.69, 9.17) is 14.7 Å². The number of carbonyl (C=O) groups is 2. The lowest BCUT2D eigenvalue weighted by molar-refractivity contribution is -0.253. The summed E-state index contributed by atoms with van der Waals surface area (Å²) in [6.45, 7) is 2.78. The van der Waals surface area contributed by atoms with Gasteiger partial charge in [-0.3, -0.25) is 19.4 Å². The molecule has 5 N–H and O–H groups in total. The largest absolute Gasteiger partial charge is 0.392 e. The van der Waals surface area contributed by atoms with Crippen molar-refractivity contribution < 1.29 is 29.4 Å². The number of amides is 2. The minimum Gasteiger partial charge on any atom is -0.392 e. The molecule has 48 heavy (non-hydrogen) atoms. The van der Waals surface area contributed by atoms with Crippen LogP contribution in [-0.4, -0.2) is 62.3 Å². The summed E-state index contributed by atoms with van der Waals surface area (Å²) in [7, 11) is 0. The van der Waals surface area contributed by atoms with Gasteiger partial charge in [0.05, 0.1) is 29.8 Å². The Bertz CT molecular complexity index is 1730. The van der Waals surface area contributed by atoms with E-state index in [0.717, 1.165) is 65.8 Å². The molecule has 2 saturated heterocycles. The number of nitrogens with one attached hydrogen (secondary N) is 3. The SMILES string of the molecule is O=C(CCCC(=O)NCc1ccc([C@H]2O[C@@H](CN3CCC(n4c(=O)[nH]c5ccccc54)CC3)C[C@@H](c3ccc(CO)cc3)O2)cc1)NO. The van der Waals surface area contributed by atoms with Gasteiger partial charge in [0, 0.05) is 57.0 Å². The molecule has 2 fully saturated rings. The lowest BCUT2D eigenvalue weighted by Gasteiger charge is -2.40. The molecule has 254 valence electrons. The number of ether oxygens (including phenoxy) is 2. The number of imidazole rings is 1. The fourth-order valence-electron chi connectivity index (χ4n) is 6.66. The van der Waals surface area contributed by atoms with Gasteiger partial charge < -0.3 is 29.8 Å². The Morgan fingerprint density at radius 1 is 0.875 bits per heavy atom. The standard InChI is InChI=1S/C36H43N5O7/c42-23-25-10-12-26(13-11-25)32-20-29(22-40-18-16-28(17-19-40)41-31-5-2-1-4-30(31)38-36(41)45)47-35(48-32)27-14-8-24(9-15-27)21-37-33(43)6-3-7-34(44)39-46/h1-2,4-5,8-15,28-29,32,35,42,46H,3,6-7,16-23H2,(H,37,43)(H,38,45)(H,39,44)/t29-,32+,35+/m1/s1. The van der Waals surface area contributed by atoms with E-state index in [9.17, 15) is 19.5 Å². The van der Waals surface area contributed by atoms with Gasteiger partial charge in [-0.1, -0.05) is 60.7 Å². The molecule has 2 aliphatic heterocycles. The molecule has 3 aromatic carbocycles. The highest BCUT2D eigenvalue weighted by Gasteiger charge is 2.34. The van der Waals surface area contributed by atoms with Crippen molar-refractivity contribution in [3.63, 3.8) is 0 Å². The average molecular weight is 658 g/mol. The molecule has 12 nitrogen and oxygen atoms in total. The van der Waals surface area contributed by atoms with Gasteiger partial charge in [-0.05, 0) is 48.1 Å². The Kier molecular flexibility index (Phi) is 11.0. The number of hydroxylamine groups is 1. The normalized spacial score (nSPS) is 20.5. The van der Waals surface area contributed by atoms with Crippen LogP contribution in [-0.2, 0) is 32.2 Å². The predicted octanol–water partition coefficient (Wildman–Crippen LogP) is 4.00. The summed E-state index contributed by atoms with van der Waals surface area (Å²) in [5.41, 5.74) is 6.98. The summed E-state index contributed by atoms with van der Waals surface area (Å²) < 4.78 is 15.0. The highest BCUT2D eigenvalue weighted by Crippen LogP contribution is 2.38. The highest BCUT2D eigenvalue weighted by molar-refractivity contribution is 5.78. The first-order valence-corrected chi connectivity index (χ1v) is 16.6. The predicted molar refractivity (Wildman–Crippen MR) is 178 cm³/mol. The molecule has 0 saturated carbocycles. The van der Waals surface area contributed by atoms with E-state index in [1.54, 1.807) is 5.48 Å². The molecule has 0 spiro atoms. The second kappa shape index (κ2) is 15.7. The first-order valence-electron chi connectivity index (χ1n) is 16.6. The molecule has 3 heterocycles. The van der Waals surface area contributed by atoms with Gasteiger partial charge in [-0.15, -0.1) is 0 Å². The van der Waals surface area contributed by atoms with Crippen LogP contribution in [0.5, 0.6) is 0 Å². The van der Waals surface area contributed by atoms with Crippen LogP contribution >= 0.6 is 0 Å². The molecule has 0 radical (unpaired) electrons. The van der Waals surface area contributed by atoms with Crippen molar-refractivity contribution in [2.24, 2.45) is 0 Å². The van der Waals surface area contributed by atoms with Crippen LogP contribution in [0.2, 0.25) is 0 Å². The van der Waals surface area contributed by atoms with Crippen LogP contribution in [0, 0.1) is 0 Å². The molecule has 1 aromatic heterocycles. The van der Waals surface area contributed by atoms with Crippen molar-refractivity contribution in [3.8, 4) is 0 Å². The van der Waals surface area contributed by atoms with Crippen molar-refractivity contribution in [3.05, 3.63) is 106 Å². The zero-order valence-corrected chi connectivity index (χ0v) is 26.8. The number of fused-ring (bicyclic) bond motifs is 1. The molecular weight excluding hydrogens is 614 g/mol. The fraction of sp³-hybridized carbons (Fsp3) is 0.417. The molecule has 12 heteroatoms. The number of carbonyl (C=O) groups excluding carboxylic acids is 2. The number of benzene rings is 3. The Hall–Kier alpha value is -4.33. The molecule has 0 unspecified atom stereocenters. The third-order valence-electron chi connectivity index (χ3n) is 9.30. The van der Waals surface area contributed by atoms with Crippen molar-refractivity contribution >= 4 is 22.8 Å². The van der Waals surface area contributed by atoms with E-state index in [0.29, 0.717) is 19.4 Å². The second-order valence-corrected chi connectivity index (χ2v) is 12.6. The Labute approximate surface area is 278 Å². The number of aromatic amines is 1. The minimum atomic E-state index is -0.588. The summed E-state index contributed by atoms with van der Waals surface area (Å²) in [6.07, 6.45) is 2.17. The van der Waals surface area contributed by atoms with E-state index >= 15 is 0 Å². The number of H-pyrrole nitrogens is 1. The maximum atomic E-state index is 12.8. The molecule has 2 amide bonds. The smallest absolute Gasteiger partial charge is 0.326 e. The van der Waals surface area contributed by atoms with Gasteiger partial charge in [0.15, 0.2) is 6.29 Å². The van der Waals surface area contributed by atoms with E-state index in [-0.39, 0.29) is 49.3 Å². The quantitative estimate of drug-likeness (QED) is 0.113. The highest BCUT2D eigenvalue weighted by atomic mass is 16.7. The first kappa shape index (κ1) is 33.6. The first-order chi connectivity index (χ1) is 23.4. The lowest BCUT2D eigenvalue weighted by atomic mass is 9.98. The average Bonchev–Trinajstić information content (AvgIpc) is 3.46. The second-order valence-electron chi connectivity index (χ2n) is 12.6. The molecule has 4 aromatic rings. The van der Waals surface area contributed by atoms with E-state index in [1.807, 2.05) is 77.4 Å². The minimum absolute atomic E-state index is 0.0194. The fourth-order valence-corrected chi connectivity index (χ4v) is 6.66. The summed E-state index contributed by atoms with van der Waals surface area (Å²) in [5.74, 6) is -0.680. The van der Waals surface area contributed by atoms with Gasteiger partial charge in [0.25, 0.3) is 0 Å². The van der Waals surface area contributed by atoms with Crippen molar-refractivity contribution in [1.82, 2.24) is 25.2 Å². The zero-order valence-electron chi connectivity index (χ0n) is 26.8. The molecule has 6 rings (SSSR count). The van der Waals surface area contributed by atoms with Crippen LogP contribution in [0.25, 0.3) is 11.0 Å². The number of aliphatic hydroxyl groups excluding tert-OH is 1. The maximum absolute atomic E-state index is 12.8. The van der Waals surface area contributed by atoms with Crippen LogP contribution in [0.4, 0.5) is 0 Å². The number of para-hydroxylation sites is 2. The van der Waals surface area contributed by atoms with Gasteiger partial charge >= 0.3 is 5.69 Å². The summed E-state index contributed by atoms with van der Waals surface area (Å²) in [4.78, 5) is 41.5. The van der Waals surface area contributed by atoms with Gasteiger partial charge in [0.2, 0.25) is 11.8 Å². The van der Waals surface area contributed by atoms with Crippen LogP contribution in [0.15, 0.2) is 77.6 Å². The Morgan fingerprint density at radius 3 is 2.29 bits per heavy atom. The monoisotopic (exact) mass is 657 g/mol. The van der Waals surface area contributed by atoms with Gasteiger partial charge in [-0.2, -0.15) is 0 Å². The van der Waals surface area contributed by atoms with E-state index in [1.165, 1.54) is 0 Å². The van der Waals surface area contributed by atoms with Crippen molar-refractivity contribution in [2.75, 3.05) is 19.6 Å². The van der Waals surface area contributed by atoms with Crippen molar-refractivity contribution in [1.29, 1.82) is 0 Å². The molecular formula is C36H43N5O7. The topological polar surface area (TPSA) is 158 Å². The Morgan fingerprint density at radius 2 is 1.56 bits per heavy atom. The number of rotatable bonds is 12. The Balaban J connectivity index is 1.09. The summed E-state index contributed by atoms with van der Waals surface area (Å²) in [5, 5.41) is 21.0.